The number of rotatable bonds is 4. The molecule has 0 saturated carbocycles. The average Bonchev–Trinajstić information content (AvgIpc) is 2.77. The summed E-state index contributed by atoms with van der Waals surface area (Å²) in [7, 11) is 1.92. The van der Waals surface area contributed by atoms with Crippen molar-refractivity contribution >= 4 is 38.9 Å². The standard InChI is InChI=1S/C13H12BrClFNS/c1-17-12(13-6-9(14)7-18-13)5-8-2-3-11(16)10(15)4-8/h2-4,6-7,12,17H,5H2,1H3. The predicted molar refractivity (Wildman–Crippen MR) is 78.9 cm³/mol. The Bertz CT molecular complexity index is 544. The first-order valence-electron chi connectivity index (χ1n) is 5.45. The Hall–Kier alpha value is -0.420. The minimum absolute atomic E-state index is 0.176. The lowest BCUT2D eigenvalue weighted by molar-refractivity contribution is 0.598. The molecular weight excluding hydrogens is 337 g/mol. The highest BCUT2D eigenvalue weighted by Gasteiger charge is 2.13. The first-order chi connectivity index (χ1) is 8.60. The summed E-state index contributed by atoms with van der Waals surface area (Å²) in [5, 5.41) is 5.50. The fourth-order valence-electron chi connectivity index (χ4n) is 1.76. The third-order valence-electron chi connectivity index (χ3n) is 2.70. The highest BCUT2D eigenvalue weighted by atomic mass is 79.9. The molecule has 0 aliphatic rings. The quantitative estimate of drug-likeness (QED) is 0.836. The van der Waals surface area contributed by atoms with Crippen LogP contribution in [-0.4, -0.2) is 7.05 Å². The second kappa shape index (κ2) is 6.15. The highest BCUT2D eigenvalue weighted by Crippen LogP contribution is 2.28. The lowest BCUT2D eigenvalue weighted by Crippen LogP contribution is -2.17. The van der Waals surface area contributed by atoms with Crippen LogP contribution in [0.15, 0.2) is 34.1 Å². The molecule has 96 valence electrons. The second-order valence-electron chi connectivity index (χ2n) is 3.96. The van der Waals surface area contributed by atoms with Gasteiger partial charge in [-0.1, -0.05) is 17.7 Å². The first kappa shape index (κ1) is 14.0. The maximum atomic E-state index is 13.1. The summed E-state index contributed by atoms with van der Waals surface area (Å²) in [6.07, 6.45) is 0.781. The van der Waals surface area contributed by atoms with Crippen LogP contribution in [0.3, 0.4) is 0 Å². The number of hydrogen-bond donors (Lipinski definition) is 1. The van der Waals surface area contributed by atoms with Crippen LogP contribution in [0.5, 0.6) is 0 Å². The van der Waals surface area contributed by atoms with Crippen LogP contribution >= 0.6 is 38.9 Å². The van der Waals surface area contributed by atoms with E-state index < -0.39 is 0 Å². The van der Waals surface area contributed by atoms with E-state index in [2.05, 4.69) is 32.7 Å². The minimum atomic E-state index is -0.375. The topological polar surface area (TPSA) is 12.0 Å². The van der Waals surface area contributed by atoms with E-state index in [0.717, 1.165) is 16.5 Å². The van der Waals surface area contributed by atoms with Gasteiger partial charge in [0, 0.05) is 20.8 Å². The van der Waals surface area contributed by atoms with Gasteiger partial charge in [0.05, 0.1) is 5.02 Å². The van der Waals surface area contributed by atoms with Crippen molar-refractivity contribution in [2.75, 3.05) is 7.05 Å². The highest BCUT2D eigenvalue weighted by molar-refractivity contribution is 9.10. The van der Waals surface area contributed by atoms with Gasteiger partial charge in [-0.3, -0.25) is 0 Å². The summed E-state index contributed by atoms with van der Waals surface area (Å²) in [6.45, 7) is 0. The molecule has 0 spiro atoms. The third kappa shape index (κ3) is 3.32. The van der Waals surface area contributed by atoms with E-state index >= 15 is 0 Å². The van der Waals surface area contributed by atoms with Gasteiger partial charge in [0.2, 0.25) is 0 Å². The van der Waals surface area contributed by atoms with E-state index in [-0.39, 0.29) is 16.9 Å². The van der Waals surface area contributed by atoms with Gasteiger partial charge >= 0.3 is 0 Å². The number of likely N-dealkylation sites (N-methyl/N-ethyl adjacent to an activating group) is 1. The molecule has 5 heteroatoms. The van der Waals surface area contributed by atoms with Gasteiger partial charge in [-0.15, -0.1) is 11.3 Å². The Kier molecular flexibility index (Phi) is 4.78. The number of hydrogen-bond acceptors (Lipinski definition) is 2. The van der Waals surface area contributed by atoms with E-state index in [1.807, 2.05) is 7.05 Å². The van der Waals surface area contributed by atoms with Crippen LogP contribution in [0.25, 0.3) is 0 Å². The smallest absolute Gasteiger partial charge is 0.141 e. The summed E-state index contributed by atoms with van der Waals surface area (Å²) >= 11 is 10.9. The van der Waals surface area contributed by atoms with E-state index in [4.69, 9.17) is 11.6 Å². The second-order valence-corrected chi connectivity index (χ2v) is 6.23. The van der Waals surface area contributed by atoms with Crippen molar-refractivity contribution in [2.45, 2.75) is 12.5 Å². The molecule has 0 fully saturated rings. The van der Waals surface area contributed by atoms with Gasteiger partial charge in [0.1, 0.15) is 5.82 Å². The normalized spacial score (nSPS) is 12.7. The zero-order valence-corrected chi connectivity index (χ0v) is 12.9. The Balaban J connectivity index is 2.17. The van der Waals surface area contributed by atoms with Crippen molar-refractivity contribution in [3.05, 3.63) is 55.4 Å². The molecule has 1 unspecified atom stereocenters. The number of halogens is 3. The number of thiophene rings is 1. The fraction of sp³-hybridized carbons (Fsp3) is 0.231. The molecule has 0 amide bonds. The van der Waals surface area contributed by atoms with E-state index in [1.54, 1.807) is 23.5 Å². The Morgan fingerprint density at radius 2 is 2.22 bits per heavy atom. The fourth-order valence-corrected chi connectivity index (χ4v) is 3.52. The molecule has 18 heavy (non-hydrogen) atoms. The summed E-state index contributed by atoms with van der Waals surface area (Å²) in [5.41, 5.74) is 1.02. The molecule has 0 aliphatic carbocycles. The van der Waals surface area contributed by atoms with Crippen LogP contribution < -0.4 is 5.32 Å². The van der Waals surface area contributed by atoms with Crippen LogP contribution in [0.2, 0.25) is 5.02 Å². The molecule has 1 nitrogen and oxygen atoms in total. The lowest BCUT2D eigenvalue weighted by atomic mass is 10.0. The monoisotopic (exact) mass is 347 g/mol. The van der Waals surface area contributed by atoms with Crippen LogP contribution in [0, 0.1) is 5.82 Å². The van der Waals surface area contributed by atoms with Gasteiger partial charge in [0.15, 0.2) is 0 Å². The molecule has 2 rings (SSSR count). The van der Waals surface area contributed by atoms with Crippen molar-refractivity contribution in [1.82, 2.24) is 5.32 Å². The van der Waals surface area contributed by atoms with Crippen molar-refractivity contribution in [3.8, 4) is 0 Å². The van der Waals surface area contributed by atoms with Crippen molar-refractivity contribution in [1.29, 1.82) is 0 Å². The van der Waals surface area contributed by atoms with Gasteiger partial charge in [-0.2, -0.15) is 0 Å². The zero-order valence-electron chi connectivity index (χ0n) is 9.71. The summed E-state index contributed by atoms with van der Waals surface area (Å²) in [6, 6.07) is 7.17. The lowest BCUT2D eigenvalue weighted by Gasteiger charge is -2.14. The molecule has 1 N–H and O–H groups in total. The minimum Gasteiger partial charge on any atom is -0.312 e. The van der Waals surface area contributed by atoms with Crippen molar-refractivity contribution in [3.63, 3.8) is 0 Å². The zero-order chi connectivity index (χ0) is 13.1. The van der Waals surface area contributed by atoms with Crippen LogP contribution in [-0.2, 0) is 6.42 Å². The maximum Gasteiger partial charge on any atom is 0.141 e. The van der Waals surface area contributed by atoms with E-state index in [0.29, 0.717) is 0 Å². The molecule has 0 saturated heterocycles. The van der Waals surface area contributed by atoms with Gasteiger partial charge in [-0.05, 0) is 53.2 Å². The number of benzene rings is 1. The molecule has 0 bridgehead atoms. The SMILES string of the molecule is CNC(Cc1ccc(F)c(Cl)c1)c1cc(Br)cs1. The summed E-state index contributed by atoms with van der Waals surface area (Å²) in [4.78, 5) is 1.24. The molecule has 1 atom stereocenters. The molecule has 0 radical (unpaired) electrons. The summed E-state index contributed by atoms with van der Waals surface area (Å²) < 4.78 is 14.2. The molecule has 0 aliphatic heterocycles. The predicted octanol–water partition coefficient (Wildman–Crippen LogP) is 4.81. The van der Waals surface area contributed by atoms with Gasteiger partial charge in [-0.25, -0.2) is 4.39 Å². The Morgan fingerprint density at radius 3 is 2.78 bits per heavy atom. The average molecular weight is 349 g/mol. The molecule has 1 aromatic carbocycles. The largest absolute Gasteiger partial charge is 0.312 e. The number of nitrogens with one attached hydrogen (secondary N) is 1. The Labute approximate surface area is 123 Å². The molecule has 1 heterocycles. The Morgan fingerprint density at radius 1 is 1.44 bits per heavy atom. The first-order valence-corrected chi connectivity index (χ1v) is 7.50. The van der Waals surface area contributed by atoms with Crippen LogP contribution in [0.1, 0.15) is 16.5 Å². The van der Waals surface area contributed by atoms with Crippen LogP contribution in [0.4, 0.5) is 4.39 Å². The van der Waals surface area contributed by atoms with Gasteiger partial charge in [0.25, 0.3) is 0 Å². The third-order valence-corrected chi connectivity index (χ3v) is 4.80. The van der Waals surface area contributed by atoms with Crippen molar-refractivity contribution in [2.24, 2.45) is 0 Å². The summed E-state index contributed by atoms with van der Waals surface area (Å²) in [5.74, 6) is -0.375. The molecule has 1 aromatic heterocycles. The van der Waals surface area contributed by atoms with Crippen molar-refractivity contribution < 1.29 is 4.39 Å². The van der Waals surface area contributed by atoms with Gasteiger partial charge < -0.3 is 5.32 Å². The molecular formula is C13H12BrClFNS. The van der Waals surface area contributed by atoms with E-state index in [1.165, 1.54) is 10.9 Å². The van der Waals surface area contributed by atoms with E-state index in [9.17, 15) is 4.39 Å². The maximum absolute atomic E-state index is 13.1. The molecule has 2 aromatic rings.